The number of nitrogens with zero attached hydrogens (tertiary/aromatic N) is 4. The van der Waals surface area contributed by atoms with Gasteiger partial charge in [-0.2, -0.15) is 4.99 Å². The Labute approximate surface area is 139 Å². The van der Waals surface area contributed by atoms with E-state index in [1.54, 1.807) is 11.8 Å². The number of hydrogen-bond donors (Lipinski definition) is 0. The molecule has 0 aliphatic carbocycles. The van der Waals surface area contributed by atoms with Gasteiger partial charge in [-0.25, -0.2) is 9.98 Å². The van der Waals surface area contributed by atoms with E-state index < -0.39 is 0 Å². The molecule has 6 heteroatoms. The third-order valence-corrected chi connectivity index (χ3v) is 5.22. The van der Waals surface area contributed by atoms with E-state index in [4.69, 9.17) is 4.74 Å². The van der Waals surface area contributed by atoms with Crippen molar-refractivity contribution in [1.82, 2.24) is 9.55 Å². The fourth-order valence-electron chi connectivity index (χ4n) is 2.87. The lowest BCUT2D eigenvalue weighted by Crippen LogP contribution is -2.17. The van der Waals surface area contributed by atoms with Gasteiger partial charge in [0.15, 0.2) is 11.2 Å². The van der Waals surface area contributed by atoms with E-state index in [0.29, 0.717) is 0 Å². The normalized spacial score (nSPS) is 23.0. The molecule has 3 heterocycles. The van der Waals surface area contributed by atoms with E-state index >= 15 is 0 Å². The van der Waals surface area contributed by atoms with Gasteiger partial charge >= 0.3 is 0 Å². The largest absolute Gasteiger partial charge is 0.358 e. The predicted molar refractivity (Wildman–Crippen MR) is 91.1 cm³/mol. The summed E-state index contributed by atoms with van der Waals surface area (Å²) in [4.78, 5) is 13.3. The molecule has 2 atom stereocenters. The van der Waals surface area contributed by atoms with Gasteiger partial charge in [0, 0.05) is 12.4 Å². The summed E-state index contributed by atoms with van der Waals surface area (Å²) in [6, 6.07) is 13.2. The number of aliphatic imine (C=N–C) groups is 2. The zero-order chi connectivity index (χ0) is 15.5. The first-order valence-electron chi connectivity index (χ1n) is 7.91. The molecule has 2 aliphatic heterocycles. The van der Waals surface area contributed by atoms with Crippen LogP contribution < -0.4 is 0 Å². The molecule has 1 saturated heterocycles. The Balaban J connectivity index is 1.52. The highest BCUT2D eigenvalue weighted by Crippen LogP contribution is 2.40. The van der Waals surface area contributed by atoms with Crippen molar-refractivity contribution >= 4 is 23.6 Å². The maximum Gasteiger partial charge on any atom is 0.172 e. The van der Waals surface area contributed by atoms with E-state index in [9.17, 15) is 0 Å². The van der Waals surface area contributed by atoms with Crippen LogP contribution in [0.15, 0.2) is 46.6 Å². The molecule has 4 rings (SSSR count). The van der Waals surface area contributed by atoms with Crippen LogP contribution in [-0.4, -0.2) is 22.2 Å². The van der Waals surface area contributed by atoms with Crippen LogP contribution in [-0.2, 0) is 10.5 Å². The Bertz CT molecular complexity index is 730. The molecule has 118 valence electrons. The van der Waals surface area contributed by atoms with Crippen molar-refractivity contribution in [2.45, 2.75) is 36.6 Å². The second kappa shape index (κ2) is 6.71. The highest BCUT2D eigenvalue weighted by Gasteiger charge is 2.26. The highest BCUT2D eigenvalue weighted by molar-refractivity contribution is 7.98. The topological polar surface area (TPSA) is 51.8 Å². The first-order valence-corrected chi connectivity index (χ1v) is 8.96. The number of benzene rings is 1. The van der Waals surface area contributed by atoms with Crippen LogP contribution in [0, 0.1) is 0 Å². The second-order valence-corrected chi connectivity index (χ2v) is 6.74. The number of ether oxygens (including phenoxy) is 1. The van der Waals surface area contributed by atoms with Crippen molar-refractivity contribution in [3.8, 4) is 0 Å². The summed E-state index contributed by atoms with van der Waals surface area (Å²) in [5.74, 6) is 1.74. The summed E-state index contributed by atoms with van der Waals surface area (Å²) in [6.07, 6.45) is 5.21. The second-order valence-electron chi connectivity index (χ2n) is 5.67. The van der Waals surface area contributed by atoms with Crippen LogP contribution in [0.5, 0.6) is 0 Å². The molecule has 1 fully saturated rings. The van der Waals surface area contributed by atoms with Crippen molar-refractivity contribution in [3.63, 3.8) is 0 Å². The van der Waals surface area contributed by atoms with Gasteiger partial charge in [0.2, 0.25) is 0 Å². The number of thioether (sulfide) groups is 1. The van der Waals surface area contributed by atoms with Crippen LogP contribution in [0.25, 0.3) is 0 Å². The number of fused-ring (bicyclic) bond motifs is 1. The average Bonchev–Trinajstić information content (AvgIpc) is 3.06. The highest BCUT2D eigenvalue weighted by atomic mass is 32.2. The SMILES string of the molecule is C1=Nc2c(ncn2C2CCCCO2)C(SCc2ccccc2)N=1. The van der Waals surface area contributed by atoms with Crippen molar-refractivity contribution in [3.05, 3.63) is 47.9 Å². The van der Waals surface area contributed by atoms with Crippen LogP contribution in [0.2, 0.25) is 0 Å². The standard InChI is InChI=1S/C17H18N4OS/c1-2-6-13(7-3-1)10-23-17-15-16(18-11-19-17)21(12-20-15)14-8-4-5-9-22-14/h1-3,6-7,12,14,17H,4-5,8-10H2. The van der Waals surface area contributed by atoms with Gasteiger partial charge in [0.25, 0.3) is 0 Å². The Hall–Kier alpha value is -1.88. The minimum Gasteiger partial charge on any atom is -0.358 e. The first kappa shape index (κ1) is 14.7. The first-order chi connectivity index (χ1) is 11.4. The minimum atomic E-state index is -0.0486. The molecule has 1 aromatic heterocycles. The smallest absolute Gasteiger partial charge is 0.172 e. The molecule has 0 bridgehead atoms. The molecule has 0 spiro atoms. The molecule has 2 aliphatic rings. The number of rotatable bonds is 4. The fourth-order valence-corrected chi connectivity index (χ4v) is 3.86. The van der Waals surface area contributed by atoms with E-state index in [0.717, 1.165) is 36.7 Å². The number of hydrogen-bond acceptors (Lipinski definition) is 5. The Morgan fingerprint density at radius 1 is 1.26 bits per heavy atom. The van der Waals surface area contributed by atoms with Gasteiger partial charge in [-0.3, -0.25) is 4.57 Å². The van der Waals surface area contributed by atoms with Crippen molar-refractivity contribution in [2.75, 3.05) is 6.61 Å². The quantitative estimate of drug-likeness (QED) is 0.840. The lowest BCUT2D eigenvalue weighted by atomic mass is 10.2. The maximum absolute atomic E-state index is 5.85. The third-order valence-electron chi connectivity index (χ3n) is 4.08. The summed E-state index contributed by atoms with van der Waals surface area (Å²) in [5, 5.41) is -0.0486. The van der Waals surface area contributed by atoms with Gasteiger partial charge in [-0.1, -0.05) is 30.3 Å². The van der Waals surface area contributed by atoms with Crippen LogP contribution in [0.1, 0.15) is 42.1 Å². The molecule has 5 nitrogen and oxygen atoms in total. The fraction of sp³-hybridized carbons (Fsp3) is 0.412. The summed E-state index contributed by atoms with van der Waals surface area (Å²) in [6.45, 7) is 0.807. The summed E-state index contributed by atoms with van der Waals surface area (Å²) in [5.41, 5.74) is 2.20. The van der Waals surface area contributed by atoms with Gasteiger partial charge in [0.05, 0.1) is 12.3 Å². The third kappa shape index (κ3) is 3.11. The zero-order valence-electron chi connectivity index (χ0n) is 12.8. The molecule has 23 heavy (non-hydrogen) atoms. The summed E-state index contributed by atoms with van der Waals surface area (Å²) in [7, 11) is 0. The zero-order valence-corrected chi connectivity index (χ0v) is 13.6. The average molecular weight is 326 g/mol. The Morgan fingerprint density at radius 3 is 3.00 bits per heavy atom. The van der Waals surface area contributed by atoms with Crippen LogP contribution >= 0.6 is 11.8 Å². The lowest BCUT2D eigenvalue weighted by molar-refractivity contribution is -0.0309. The predicted octanol–water partition coefficient (Wildman–Crippen LogP) is 4.33. The van der Waals surface area contributed by atoms with Crippen molar-refractivity contribution in [1.29, 1.82) is 0 Å². The summed E-state index contributed by atoms with van der Waals surface area (Å²) < 4.78 is 7.88. The molecule has 2 aromatic rings. The lowest BCUT2D eigenvalue weighted by Gasteiger charge is -2.24. The van der Waals surface area contributed by atoms with Gasteiger partial charge < -0.3 is 4.74 Å². The number of aromatic nitrogens is 2. The van der Waals surface area contributed by atoms with E-state index in [-0.39, 0.29) is 11.6 Å². The number of imidazole rings is 1. The monoisotopic (exact) mass is 326 g/mol. The van der Waals surface area contributed by atoms with Gasteiger partial charge in [-0.05, 0) is 24.8 Å². The Kier molecular flexibility index (Phi) is 4.28. The van der Waals surface area contributed by atoms with Crippen LogP contribution in [0.4, 0.5) is 5.82 Å². The van der Waals surface area contributed by atoms with E-state index in [1.165, 1.54) is 12.0 Å². The van der Waals surface area contributed by atoms with Gasteiger partial charge in [-0.15, -0.1) is 11.8 Å². The van der Waals surface area contributed by atoms with Crippen molar-refractivity contribution < 1.29 is 4.74 Å². The minimum absolute atomic E-state index is 0.0448. The van der Waals surface area contributed by atoms with E-state index in [2.05, 4.69) is 45.2 Å². The molecular weight excluding hydrogens is 308 g/mol. The molecule has 1 aromatic carbocycles. The van der Waals surface area contributed by atoms with E-state index in [1.807, 2.05) is 17.0 Å². The molecule has 0 saturated carbocycles. The summed E-state index contributed by atoms with van der Waals surface area (Å²) >= 11 is 1.75. The molecule has 0 N–H and O–H groups in total. The van der Waals surface area contributed by atoms with Crippen LogP contribution in [0.3, 0.4) is 0 Å². The Morgan fingerprint density at radius 2 is 2.17 bits per heavy atom. The van der Waals surface area contributed by atoms with Crippen molar-refractivity contribution in [2.24, 2.45) is 9.98 Å². The molecule has 0 radical (unpaired) electrons. The molecule has 2 unspecified atom stereocenters. The van der Waals surface area contributed by atoms with Gasteiger partial charge in [0.1, 0.15) is 11.9 Å². The maximum atomic E-state index is 5.85. The molecule has 0 amide bonds. The molecular formula is C17H18N4OS.